The number of sulfone groups is 1. The Kier molecular flexibility index (Phi) is 4.67. The summed E-state index contributed by atoms with van der Waals surface area (Å²) >= 11 is 13.7. The van der Waals surface area contributed by atoms with Crippen LogP contribution in [0.4, 0.5) is 5.69 Å². The number of nitrogens with zero attached hydrogens (tertiary/aromatic N) is 1. The standard InChI is InChI=1S/C11H10Cl2N2O2S2.BrH/c12-6-2-1-3-7(13)10(6)15-8-4-19(16,17)5-9(8)18-11(15)14;/h1-3,8-9,14H,4-5H2;1H. The minimum atomic E-state index is -3.01. The molecule has 0 radical (unpaired) electrons. The molecule has 2 N–H and O–H groups in total. The molecule has 9 heteroatoms. The average Bonchev–Trinajstić information content (AvgIpc) is 2.71. The van der Waals surface area contributed by atoms with E-state index < -0.39 is 9.84 Å². The minimum absolute atomic E-state index is 0. The number of fused-ring (bicyclic) bond motifs is 1. The Morgan fingerprint density at radius 3 is 2.45 bits per heavy atom. The number of hydrogen-bond acceptors (Lipinski definition) is 4. The van der Waals surface area contributed by atoms with E-state index in [0.29, 0.717) is 20.9 Å². The first kappa shape index (κ1) is 16.4. The van der Waals surface area contributed by atoms with Gasteiger partial charge in [0.15, 0.2) is 15.5 Å². The summed E-state index contributed by atoms with van der Waals surface area (Å²) in [7, 11) is -3.01. The molecule has 0 aromatic heterocycles. The van der Waals surface area contributed by atoms with E-state index in [9.17, 15) is 8.42 Å². The van der Waals surface area contributed by atoms with Gasteiger partial charge in [-0.25, -0.2) is 13.0 Å². The fraction of sp³-hybridized carbons (Fsp3) is 0.364. The molecule has 0 spiro atoms. The van der Waals surface area contributed by atoms with Crippen molar-refractivity contribution in [2.45, 2.75) is 11.3 Å². The van der Waals surface area contributed by atoms with E-state index in [1.165, 1.54) is 11.8 Å². The van der Waals surface area contributed by atoms with E-state index in [0.717, 1.165) is 0 Å². The smallest absolute Gasteiger partial charge is 0.310 e. The number of hydrogen-bond donors (Lipinski definition) is 1. The summed E-state index contributed by atoms with van der Waals surface area (Å²) in [6.45, 7) is 0. The summed E-state index contributed by atoms with van der Waals surface area (Å²) in [5.74, 6) is 0.245. The molecule has 0 bridgehead atoms. The van der Waals surface area contributed by atoms with Crippen LogP contribution in [0.15, 0.2) is 18.2 Å². The molecule has 1 fully saturated rings. The Morgan fingerprint density at radius 2 is 1.85 bits per heavy atom. The van der Waals surface area contributed by atoms with Crippen LogP contribution in [0.2, 0.25) is 10.0 Å². The third-order valence-corrected chi connectivity index (χ3v) is 7.05. The topological polar surface area (TPSA) is 63.2 Å². The van der Waals surface area contributed by atoms with Gasteiger partial charge in [-0.1, -0.05) is 29.3 Å². The van der Waals surface area contributed by atoms with Crippen molar-refractivity contribution in [3.05, 3.63) is 28.2 Å². The van der Waals surface area contributed by atoms with Crippen molar-refractivity contribution in [1.29, 1.82) is 0 Å². The zero-order valence-corrected chi connectivity index (χ0v) is 14.8. The third-order valence-electron chi connectivity index (χ3n) is 3.29. The van der Waals surface area contributed by atoms with Crippen LogP contribution in [0.1, 0.15) is 0 Å². The van der Waals surface area contributed by atoms with Crippen molar-refractivity contribution in [1.82, 2.24) is 0 Å². The van der Waals surface area contributed by atoms with Crippen LogP contribution in [-0.4, -0.2) is 41.0 Å². The Labute approximate surface area is 142 Å². The molecule has 0 amide bonds. The Hall–Kier alpha value is 0.0500. The van der Waals surface area contributed by atoms with Crippen LogP contribution < -0.4 is 22.7 Å². The molecular weight excluding hydrogens is 407 g/mol. The molecular formula is C11H11BrCl2N2O2S2. The maximum atomic E-state index is 11.7. The zero-order chi connectivity index (χ0) is 13.8. The van der Waals surface area contributed by atoms with Crippen molar-refractivity contribution in [3.63, 3.8) is 0 Å². The van der Waals surface area contributed by atoms with Crippen LogP contribution >= 0.6 is 35.0 Å². The maximum Gasteiger partial charge on any atom is 0.310 e. The van der Waals surface area contributed by atoms with Crippen LogP contribution in [0.5, 0.6) is 0 Å². The molecule has 2 aliphatic rings. The van der Waals surface area contributed by atoms with Crippen molar-refractivity contribution in [2.24, 2.45) is 5.73 Å². The van der Waals surface area contributed by atoms with Crippen LogP contribution in [0.25, 0.3) is 0 Å². The van der Waals surface area contributed by atoms with Gasteiger partial charge in [0.2, 0.25) is 0 Å². The van der Waals surface area contributed by atoms with Crippen LogP contribution in [0.3, 0.4) is 0 Å². The van der Waals surface area contributed by atoms with Gasteiger partial charge < -0.3 is 17.0 Å². The monoisotopic (exact) mass is 416 g/mol. The van der Waals surface area contributed by atoms with Gasteiger partial charge in [-0.15, -0.1) is 0 Å². The minimum Gasteiger partial charge on any atom is -1.00 e. The Bertz CT molecular complexity index is 673. The highest BCUT2D eigenvalue weighted by molar-refractivity contribution is 8.15. The summed E-state index contributed by atoms with van der Waals surface area (Å²) in [6.07, 6.45) is 0. The molecule has 0 aliphatic carbocycles. The van der Waals surface area contributed by atoms with E-state index in [1.807, 2.05) is 0 Å². The lowest BCUT2D eigenvalue weighted by atomic mass is 10.2. The van der Waals surface area contributed by atoms with Crippen molar-refractivity contribution in [3.8, 4) is 0 Å². The van der Waals surface area contributed by atoms with Gasteiger partial charge in [0, 0.05) is 0 Å². The summed E-state index contributed by atoms with van der Waals surface area (Å²) in [5, 5.41) is 1.46. The van der Waals surface area contributed by atoms with Gasteiger partial charge in [-0.3, -0.25) is 5.73 Å². The molecule has 20 heavy (non-hydrogen) atoms. The number of halogens is 3. The molecule has 2 atom stereocenters. The van der Waals surface area contributed by atoms with Crippen molar-refractivity contribution >= 4 is 55.7 Å². The van der Waals surface area contributed by atoms with Crippen LogP contribution in [0, 0.1) is 0 Å². The first-order valence-electron chi connectivity index (χ1n) is 5.62. The average molecular weight is 418 g/mol. The SMILES string of the molecule is NC1=[N+](c2c(Cl)cccc2Cl)C2CS(=O)(=O)CC2S1.[Br-]. The first-order chi connectivity index (χ1) is 8.89. The number of amidine groups is 1. The number of para-hydroxylation sites is 1. The second-order valence-electron chi connectivity index (χ2n) is 4.58. The van der Waals surface area contributed by atoms with Crippen LogP contribution in [-0.2, 0) is 9.84 Å². The number of thioether (sulfide) groups is 1. The predicted molar refractivity (Wildman–Crippen MR) is 79.4 cm³/mol. The second-order valence-corrected chi connectivity index (χ2v) is 8.81. The normalized spacial score (nSPS) is 27.3. The molecule has 110 valence electrons. The molecule has 3 rings (SSSR count). The van der Waals surface area contributed by atoms with Gasteiger partial charge in [0.05, 0.1) is 26.8 Å². The molecule has 1 aromatic carbocycles. The number of rotatable bonds is 1. The lowest BCUT2D eigenvalue weighted by Gasteiger charge is -2.13. The molecule has 2 heterocycles. The van der Waals surface area contributed by atoms with E-state index in [1.54, 1.807) is 22.8 Å². The molecule has 4 nitrogen and oxygen atoms in total. The summed E-state index contributed by atoms with van der Waals surface area (Å²) in [4.78, 5) is 0. The van der Waals surface area contributed by atoms with E-state index in [2.05, 4.69) is 0 Å². The predicted octanol–water partition coefficient (Wildman–Crippen LogP) is -1.13. The van der Waals surface area contributed by atoms with Gasteiger partial charge in [0.1, 0.15) is 6.04 Å². The van der Waals surface area contributed by atoms with Crippen molar-refractivity contribution < 1.29 is 30.0 Å². The quantitative estimate of drug-likeness (QED) is 0.587. The van der Waals surface area contributed by atoms with Gasteiger partial charge in [0.25, 0.3) is 0 Å². The zero-order valence-electron chi connectivity index (χ0n) is 10.1. The fourth-order valence-electron chi connectivity index (χ4n) is 2.52. The fourth-order valence-corrected chi connectivity index (χ4v) is 6.90. The lowest BCUT2D eigenvalue weighted by Crippen LogP contribution is -3.00. The van der Waals surface area contributed by atoms with Crippen molar-refractivity contribution in [2.75, 3.05) is 11.5 Å². The summed E-state index contributed by atoms with van der Waals surface area (Å²) < 4.78 is 25.3. The second kappa shape index (κ2) is 5.68. The van der Waals surface area contributed by atoms with E-state index >= 15 is 0 Å². The molecule has 0 saturated carbocycles. The molecule has 2 aliphatic heterocycles. The summed E-state index contributed by atoms with van der Waals surface area (Å²) in [6, 6.07) is 5.00. The Balaban J connectivity index is 0.00000147. The maximum absolute atomic E-state index is 11.7. The Morgan fingerprint density at radius 1 is 1.25 bits per heavy atom. The number of nitrogens with two attached hydrogens (primary N) is 1. The highest BCUT2D eigenvalue weighted by Crippen LogP contribution is 2.41. The lowest BCUT2D eigenvalue weighted by molar-refractivity contribution is -0.470. The van der Waals surface area contributed by atoms with E-state index in [-0.39, 0.29) is 39.8 Å². The molecule has 2 unspecified atom stereocenters. The molecule has 1 aromatic rings. The largest absolute Gasteiger partial charge is 1.00 e. The highest BCUT2D eigenvalue weighted by atomic mass is 79.9. The number of benzene rings is 1. The highest BCUT2D eigenvalue weighted by Gasteiger charge is 2.50. The third kappa shape index (κ3) is 2.70. The van der Waals surface area contributed by atoms with Gasteiger partial charge in [-0.2, -0.15) is 0 Å². The van der Waals surface area contributed by atoms with Gasteiger partial charge in [-0.05, 0) is 23.9 Å². The van der Waals surface area contributed by atoms with Gasteiger partial charge >= 0.3 is 5.17 Å². The molecule has 1 saturated heterocycles. The first-order valence-corrected chi connectivity index (χ1v) is 9.07. The summed E-state index contributed by atoms with van der Waals surface area (Å²) in [5.41, 5.74) is 6.62. The van der Waals surface area contributed by atoms with E-state index in [4.69, 9.17) is 28.9 Å².